The first-order chi connectivity index (χ1) is 13.5. The molecule has 1 unspecified atom stereocenters. The van der Waals surface area contributed by atoms with Crippen molar-refractivity contribution in [2.24, 2.45) is 0 Å². The van der Waals surface area contributed by atoms with Crippen molar-refractivity contribution in [1.82, 2.24) is 10.6 Å². The zero-order valence-corrected chi connectivity index (χ0v) is 16.1. The standard InChI is InChI=1S/C20H23ClN4O3/c21-17-11-15(6-7-18(17)25-9-8-22-19(27)12-25)23-20(28)24-16(13-26)10-14-4-2-1-3-5-14/h1-7,11,16,26H,8-10,12-13H2,(H,22,27)(H2,23,24,28). The molecule has 2 aromatic rings. The van der Waals surface area contributed by atoms with E-state index in [4.69, 9.17) is 11.6 Å². The average Bonchev–Trinajstić information content (AvgIpc) is 2.68. The Morgan fingerprint density at radius 2 is 2.04 bits per heavy atom. The van der Waals surface area contributed by atoms with Crippen molar-refractivity contribution in [2.75, 3.05) is 36.5 Å². The molecule has 1 aliphatic rings. The number of nitrogens with zero attached hydrogens (tertiary/aromatic N) is 1. The van der Waals surface area contributed by atoms with Crippen molar-refractivity contribution in [3.8, 4) is 0 Å². The fraction of sp³-hybridized carbons (Fsp3) is 0.300. The van der Waals surface area contributed by atoms with Gasteiger partial charge in [-0.3, -0.25) is 4.79 Å². The van der Waals surface area contributed by atoms with Crippen LogP contribution in [0.15, 0.2) is 48.5 Å². The van der Waals surface area contributed by atoms with Crippen LogP contribution < -0.4 is 20.9 Å². The van der Waals surface area contributed by atoms with Crippen molar-refractivity contribution < 1.29 is 14.7 Å². The normalized spacial score (nSPS) is 14.9. The van der Waals surface area contributed by atoms with Crippen LogP contribution in [0, 0.1) is 0 Å². The van der Waals surface area contributed by atoms with E-state index in [9.17, 15) is 14.7 Å². The lowest BCUT2D eigenvalue weighted by Crippen LogP contribution is -2.47. The minimum atomic E-state index is -0.420. The number of halogens is 1. The van der Waals surface area contributed by atoms with E-state index in [1.165, 1.54) is 0 Å². The van der Waals surface area contributed by atoms with Gasteiger partial charge in [0.2, 0.25) is 5.91 Å². The first-order valence-electron chi connectivity index (χ1n) is 9.08. The van der Waals surface area contributed by atoms with Crippen LogP contribution in [0.3, 0.4) is 0 Å². The Morgan fingerprint density at radius 3 is 2.71 bits per heavy atom. The number of carbonyl (C=O) groups excluding carboxylic acids is 2. The Labute approximate surface area is 168 Å². The lowest BCUT2D eigenvalue weighted by molar-refractivity contribution is -0.120. The second-order valence-electron chi connectivity index (χ2n) is 6.61. The lowest BCUT2D eigenvalue weighted by atomic mass is 10.1. The summed E-state index contributed by atoms with van der Waals surface area (Å²) < 4.78 is 0. The maximum Gasteiger partial charge on any atom is 0.319 e. The van der Waals surface area contributed by atoms with Gasteiger partial charge in [-0.25, -0.2) is 4.79 Å². The van der Waals surface area contributed by atoms with E-state index < -0.39 is 12.1 Å². The molecule has 1 saturated heterocycles. The van der Waals surface area contributed by atoms with Gasteiger partial charge in [-0.05, 0) is 30.2 Å². The Balaban J connectivity index is 1.59. The number of aliphatic hydroxyl groups excluding tert-OH is 1. The Hall–Kier alpha value is -2.77. The molecule has 1 heterocycles. The molecule has 8 heteroatoms. The van der Waals surface area contributed by atoms with E-state index in [1.807, 2.05) is 35.2 Å². The SMILES string of the molecule is O=C1CN(c2ccc(NC(=O)NC(CO)Cc3ccccc3)cc2Cl)CCN1. The van der Waals surface area contributed by atoms with Gasteiger partial charge in [0.1, 0.15) is 0 Å². The van der Waals surface area contributed by atoms with Crippen LogP contribution >= 0.6 is 11.6 Å². The summed E-state index contributed by atoms with van der Waals surface area (Å²) in [6, 6.07) is 14.0. The Morgan fingerprint density at radius 1 is 1.25 bits per heavy atom. The lowest BCUT2D eigenvalue weighted by Gasteiger charge is -2.29. The Kier molecular flexibility index (Phi) is 6.73. The number of aliphatic hydroxyl groups is 1. The minimum Gasteiger partial charge on any atom is -0.394 e. The minimum absolute atomic E-state index is 0.0441. The van der Waals surface area contributed by atoms with Crippen LogP contribution in [0.2, 0.25) is 5.02 Å². The quantitative estimate of drug-likeness (QED) is 0.594. The fourth-order valence-electron chi connectivity index (χ4n) is 3.10. The second kappa shape index (κ2) is 9.43. The molecule has 28 heavy (non-hydrogen) atoms. The molecule has 4 N–H and O–H groups in total. The number of rotatable bonds is 6. The molecule has 0 aliphatic carbocycles. The highest BCUT2D eigenvalue weighted by Gasteiger charge is 2.19. The molecule has 0 aromatic heterocycles. The van der Waals surface area contributed by atoms with Crippen molar-refractivity contribution in [3.05, 3.63) is 59.1 Å². The zero-order valence-electron chi connectivity index (χ0n) is 15.3. The van der Waals surface area contributed by atoms with Gasteiger partial charge in [0.15, 0.2) is 0 Å². The van der Waals surface area contributed by atoms with Crippen molar-refractivity contribution in [2.45, 2.75) is 12.5 Å². The van der Waals surface area contributed by atoms with Gasteiger partial charge < -0.3 is 26.0 Å². The summed E-state index contributed by atoms with van der Waals surface area (Å²) in [7, 11) is 0. The van der Waals surface area contributed by atoms with Gasteiger partial charge >= 0.3 is 6.03 Å². The maximum absolute atomic E-state index is 12.3. The number of hydrogen-bond donors (Lipinski definition) is 4. The molecule has 7 nitrogen and oxygen atoms in total. The summed E-state index contributed by atoms with van der Waals surface area (Å²) in [5.74, 6) is -0.0441. The van der Waals surface area contributed by atoms with Crippen LogP contribution in [0.25, 0.3) is 0 Å². The maximum atomic E-state index is 12.3. The summed E-state index contributed by atoms with van der Waals surface area (Å²) in [6.45, 7) is 1.33. The Bertz CT molecular complexity index is 831. The fourth-order valence-corrected chi connectivity index (χ4v) is 3.40. The van der Waals surface area contributed by atoms with Crippen LogP contribution in [0.1, 0.15) is 5.56 Å². The summed E-state index contributed by atoms with van der Waals surface area (Å²) in [6.07, 6.45) is 0.529. The molecular formula is C20H23ClN4O3. The molecule has 1 atom stereocenters. The number of amides is 3. The predicted molar refractivity (Wildman–Crippen MR) is 110 cm³/mol. The van der Waals surface area contributed by atoms with E-state index in [1.54, 1.807) is 18.2 Å². The van der Waals surface area contributed by atoms with Gasteiger partial charge in [-0.15, -0.1) is 0 Å². The number of piperazine rings is 1. The van der Waals surface area contributed by atoms with E-state index in [0.29, 0.717) is 30.2 Å². The molecular weight excluding hydrogens is 380 g/mol. The largest absolute Gasteiger partial charge is 0.394 e. The third-order valence-corrected chi connectivity index (χ3v) is 4.77. The van der Waals surface area contributed by atoms with Crippen LogP contribution in [0.4, 0.5) is 16.2 Å². The van der Waals surface area contributed by atoms with Crippen molar-refractivity contribution in [3.63, 3.8) is 0 Å². The highest BCUT2D eigenvalue weighted by atomic mass is 35.5. The van der Waals surface area contributed by atoms with Crippen molar-refractivity contribution in [1.29, 1.82) is 0 Å². The van der Waals surface area contributed by atoms with Crippen LogP contribution in [0.5, 0.6) is 0 Å². The smallest absolute Gasteiger partial charge is 0.319 e. The summed E-state index contributed by atoms with van der Waals surface area (Å²) in [4.78, 5) is 25.7. The molecule has 0 spiro atoms. The molecule has 3 rings (SSSR count). The zero-order chi connectivity index (χ0) is 19.9. The van der Waals surface area contributed by atoms with Gasteiger partial charge in [0, 0.05) is 18.8 Å². The third kappa shape index (κ3) is 5.37. The molecule has 3 amide bonds. The number of carbonyl (C=O) groups is 2. The summed E-state index contributed by atoms with van der Waals surface area (Å²) in [5, 5.41) is 18.3. The highest BCUT2D eigenvalue weighted by Crippen LogP contribution is 2.29. The molecule has 1 fully saturated rings. The summed E-state index contributed by atoms with van der Waals surface area (Å²) >= 11 is 6.35. The van der Waals surface area contributed by atoms with Gasteiger partial charge in [0.25, 0.3) is 0 Å². The number of urea groups is 1. The molecule has 0 saturated carbocycles. The molecule has 1 aliphatic heterocycles. The molecule has 148 valence electrons. The number of anilines is 2. The first kappa shape index (κ1) is 20.0. The number of benzene rings is 2. The summed E-state index contributed by atoms with van der Waals surface area (Å²) in [5.41, 5.74) is 2.31. The van der Waals surface area contributed by atoms with E-state index in [2.05, 4.69) is 16.0 Å². The van der Waals surface area contributed by atoms with Crippen LogP contribution in [-0.2, 0) is 11.2 Å². The van der Waals surface area contributed by atoms with Gasteiger partial charge in [-0.2, -0.15) is 0 Å². The number of hydrogen-bond acceptors (Lipinski definition) is 4. The topological polar surface area (TPSA) is 93.7 Å². The second-order valence-corrected chi connectivity index (χ2v) is 7.01. The van der Waals surface area contributed by atoms with Crippen LogP contribution in [-0.4, -0.2) is 49.3 Å². The molecule has 0 bridgehead atoms. The van der Waals surface area contributed by atoms with Crippen molar-refractivity contribution >= 4 is 34.9 Å². The first-order valence-corrected chi connectivity index (χ1v) is 9.46. The van der Waals surface area contributed by atoms with Gasteiger partial charge in [-0.1, -0.05) is 41.9 Å². The average molecular weight is 403 g/mol. The predicted octanol–water partition coefficient (Wildman–Crippen LogP) is 2.00. The molecule has 0 radical (unpaired) electrons. The monoisotopic (exact) mass is 402 g/mol. The van der Waals surface area contributed by atoms with E-state index >= 15 is 0 Å². The van der Waals surface area contributed by atoms with Gasteiger partial charge in [0.05, 0.1) is 29.9 Å². The third-order valence-electron chi connectivity index (χ3n) is 4.47. The highest BCUT2D eigenvalue weighted by molar-refractivity contribution is 6.33. The number of nitrogens with one attached hydrogen (secondary N) is 3. The van der Waals surface area contributed by atoms with E-state index in [0.717, 1.165) is 11.3 Å². The molecule has 2 aromatic carbocycles. The van der Waals surface area contributed by atoms with E-state index in [-0.39, 0.29) is 19.1 Å².